The van der Waals surface area contributed by atoms with Crippen LogP contribution in [0.1, 0.15) is 44.9 Å². The lowest BCUT2D eigenvalue weighted by atomic mass is 9.94. The Kier molecular flexibility index (Phi) is 4.54. The minimum Gasteiger partial charge on any atom is -0.309 e. The number of nitrogens with one attached hydrogen (secondary N) is 1. The topological polar surface area (TPSA) is 15.3 Å². The molecule has 2 fully saturated rings. The van der Waals surface area contributed by atoms with Crippen LogP contribution in [0.25, 0.3) is 0 Å². The smallest absolute Gasteiger partial charge is 0.309 e. The number of unbranched alkanes of at least 4 members (excludes halogenated alkanes) is 1. The van der Waals surface area contributed by atoms with E-state index in [0.717, 1.165) is 26.2 Å². The first-order valence-electron chi connectivity index (χ1n) is 7.03. The lowest BCUT2D eigenvalue weighted by Crippen LogP contribution is -2.59. The van der Waals surface area contributed by atoms with Crippen LogP contribution in [-0.2, 0) is 0 Å². The third kappa shape index (κ3) is 4.12. The average molecular weight is 264 g/mol. The van der Waals surface area contributed by atoms with Gasteiger partial charge in [-0.2, -0.15) is 13.2 Å². The Morgan fingerprint density at radius 1 is 1.11 bits per heavy atom. The van der Waals surface area contributed by atoms with Gasteiger partial charge in [-0.25, -0.2) is 0 Å². The minimum atomic E-state index is -3.99. The van der Waals surface area contributed by atoms with Gasteiger partial charge in [0.15, 0.2) is 0 Å². The molecule has 0 aromatic carbocycles. The monoisotopic (exact) mass is 264 g/mol. The van der Waals surface area contributed by atoms with Crippen LogP contribution < -0.4 is 5.32 Å². The first kappa shape index (κ1) is 14.1. The van der Waals surface area contributed by atoms with Crippen molar-refractivity contribution in [2.45, 2.75) is 56.7 Å². The minimum absolute atomic E-state index is 0.264. The molecule has 106 valence electrons. The number of hydrogen-bond donors (Lipinski definition) is 1. The number of rotatable bonds is 4. The van der Waals surface area contributed by atoms with E-state index < -0.39 is 12.6 Å². The van der Waals surface area contributed by atoms with Crippen LogP contribution >= 0.6 is 0 Å². The zero-order chi connectivity index (χ0) is 13.1. The Labute approximate surface area is 107 Å². The number of nitrogens with zero attached hydrogens (tertiary/aromatic N) is 1. The van der Waals surface area contributed by atoms with E-state index in [4.69, 9.17) is 0 Å². The third-order valence-corrected chi connectivity index (χ3v) is 4.20. The van der Waals surface area contributed by atoms with Gasteiger partial charge in [-0.1, -0.05) is 12.8 Å². The van der Waals surface area contributed by atoms with Crippen LogP contribution in [0.5, 0.6) is 0 Å². The van der Waals surface area contributed by atoms with Gasteiger partial charge in [0.2, 0.25) is 0 Å². The SMILES string of the molecule is FC(F)(F)CCCCN1CCNC2(CCCC2)C1. The first-order chi connectivity index (χ1) is 8.49. The largest absolute Gasteiger partial charge is 0.389 e. The van der Waals surface area contributed by atoms with E-state index in [1.807, 2.05) is 0 Å². The predicted octanol–water partition coefficient (Wildman–Crippen LogP) is 2.94. The van der Waals surface area contributed by atoms with Gasteiger partial charge in [0.05, 0.1) is 0 Å². The number of piperazine rings is 1. The van der Waals surface area contributed by atoms with Crippen LogP contribution in [0.2, 0.25) is 0 Å². The van der Waals surface area contributed by atoms with Gasteiger partial charge in [-0.3, -0.25) is 0 Å². The molecule has 0 atom stereocenters. The number of hydrogen-bond acceptors (Lipinski definition) is 2. The lowest BCUT2D eigenvalue weighted by molar-refractivity contribution is -0.135. The quantitative estimate of drug-likeness (QED) is 0.785. The van der Waals surface area contributed by atoms with E-state index in [0.29, 0.717) is 6.42 Å². The predicted molar refractivity (Wildman–Crippen MR) is 65.5 cm³/mol. The van der Waals surface area contributed by atoms with E-state index in [-0.39, 0.29) is 12.0 Å². The molecule has 2 rings (SSSR count). The summed E-state index contributed by atoms with van der Waals surface area (Å²) in [6, 6.07) is 0. The Hall–Kier alpha value is -0.290. The summed E-state index contributed by atoms with van der Waals surface area (Å²) in [6.07, 6.45) is 1.33. The molecule has 1 heterocycles. The lowest BCUT2D eigenvalue weighted by Gasteiger charge is -2.41. The van der Waals surface area contributed by atoms with E-state index in [9.17, 15) is 13.2 Å². The van der Waals surface area contributed by atoms with Gasteiger partial charge < -0.3 is 10.2 Å². The van der Waals surface area contributed by atoms with Crippen molar-refractivity contribution in [2.24, 2.45) is 0 Å². The molecule has 2 aliphatic rings. The van der Waals surface area contributed by atoms with Crippen molar-refractivity contribution >= 4 is 0 Å². The highest BCUT2D eigenvalue weighted by atomic mass is 19.4. The van der Waals surface area contributed by atoms with Crippen molar-refractivity contribution in [2.75, 3.05) is 26.2 Å². The molecule has 0 bridgehead atoms. The summed E-state index contributed by atoms with van der Waals surface area (Å²) >= 11 is 0. The van der Waals surface area contributed by atoms with Gasteiger partial charge in [0, 0.05) is 31.6 Å². The summed E-state index contributed by atoms with van der Waals surface area (Å²) < 4.78 is 36.1. The summed E-state index contributed by atoms with van der Waals surface area (Å²) in [5.41, 5.74) is 0.280. The Morgan fingerprint density at radius 3 is 2.50 bits per heavy atom. The third-order valence-electron chi connectivity index (χ3n) is 4.20. The molecule has 0 radical (unpaired) electrons. The normalized spacial score (nSPS) is 24.8. The van der Waals surface area contributed by atoms with Crippen molar-refractivity contribution in [1.29, 1.82) is 0 Å². The van der Waals surface area contributed by atoms with Gasteiger partial charge >= 0.3 is 6.18 Å². The van der Waals surface area contributed by atoms with Crippen molar-refractivity contribution in [3.63, 3.8) is 0 Å². The molecule has 1 aliphatic heterocycles. The van der Waals surface area contributed by atoms with Gasteiger partial charge in [-0.15, -0.1) is 0 Å². The molecule has 1 spiro atoms. The average Bonchev–Trinajstić information content (AvgIpc) is 2.72. The van der Waals surface area contributed by atoms with Gasteiger partial charge in [0.1, 0.15) is 0 Å². The fourth-order valence-electron chi connectivity index (χ4n) is 3.28. The highest BCUT2D eigenvalue weighted by Crippen LogP contribution is 2.32. The summed E-state index contributed by atoms with van der Waals surface area (Å²) in [4.78, 5) is 2.35. The molecule has 1 saturated heterocycles. The number of halogens is 3. The Balaban J connectivity index is 1.67. The van der Waals surface area contributed by atoms with E-state index in [2.05, 4.69) is 10.2 Å². The van der Waals surface area contributed by atoms with E-state index in [1.54, 1.807) is 0 Å². The molecular formula is C13H23F3N2. The van der Waals surface area contributed by atoms with Crippen LogP contribution in [0, 0.1) is 0 Å². The maximum atomic E-state index is 12.0. The standard InChI is InChI=1S/C13H23F3N2/c14-13(15,16)7-3-4-9-18-10-8-17-12(11-18)5-1-2-6-12/h17H,1-11H2. The molecule has 5 heteroatoms. The van der Waals surface area contributed by atoms with Crippen LogP contribution in [0.15, 0.2) is 0 Å². The second kappa shape index (κ2) is 5.78. The molecule has 1 aliphatic carbocycles. The molecule has 0 aromatic rings. The van der Waals surface area contributed by atoms with Gasteiger partial charge in [-0.05, 0) is 32.2 Å². The summed E-state index contributed by atoms with van der Waals surface area (Å²) in [5, 5.41) is 3.62. The highest BCUT2D eigenvalue weighted by molar-refractivity contribution is 4.98. The molecule has 1 N–H and O–H groups in total. The van der Waals surface area contributed by atoms with Crippen LogP contribution in [0.4, 0.5) is 13.2 Å². The van der Waals surface area contributed by atoms with E-state index in [1.165, 1.54) is 25.7 Å². The van der Waals surface area contributed by atoms with E-state index >= 15 is 0 Å². The molecular weight excluding hydrogens is 241 g/mol. The second-order valence-electron chi connectivity index (χ2n) is 5.76. The van der Waals surface area contributed by atoms with Gasteiger partial charge in [0.25, 0.3) is 0 Å². The fourth-order valence-corrected chi connectivity index (χ4v) is 3.28. The second-order valence-corrected chi connectivity index (χ2v) is 5.76. The highest BCUT2D eigenvalue weighted by Gasteiger charge is 2.37. The zero-order valence-corrected chi connectivity index (χ0v) is 10.9. The van der Waals surface area contributed by atoms with Crippen molar-refractivity contribution < 1.29 is 13.2 Å². The molecule has 18 heavy (non-hydrogen) atoms. The zero-order valence-electron chi connectivity index (χ0n) is 10.9. The summed E-state index contributed by atoms with van der Waals surface area (Å²) in [7, 11) is 0. The van der Waals surface area contributed by atoms with Crippen molar-refractivity contribution in [3.05, 3.63) is 0 Å². The van der Waals surface area contributed by atoms with Crippen molar-refractivity contribution in [3.8, 4) is 0 Å². The van der Waals surface area contributed by atoms with Crippen LogP contribution in [0.3, 0.4) is 0 Å². The molecule has 2 nitrogen and oxygen atoms in total. The Bertz CT molecular complexity index is 259. The van der Waals surface area contributed by atoms with Crippen molar-refractivity contribution in [1.82, 2.24) is 10.2 Å². The maximum Gasteiger partial charge on any atom is 0.389 e. The molecule has 0 amide bonds. The first-order valence-corrected chi connectivity index (χ1v) is 7.03. The summed E-state index contributed by atoms with van der Waals surface area (Å²) in [5.74, 6) is 0. The molecule has 0 aromatic heterocycles. The Morgan fingerprint density at radius 2 is 1.83 bits per heavy atom. The molecule has 1 saturated carbocycles. The molecule has 0 unspecified atom stereocenters. The summed E-state index contributed by atoms with van der Waals surface area (Å²) in [6.45, 7) is 3.81. The van der Waals surface area contributed by atoms with Crippen LogP contribution in [-0.4, -0.2) is 42.8 Å². The maximum absolute atomic E-state index is 12.0. The fraction of sp³-hybridized carbons (Fsp3) is 1.00. The number of alkyl halides is 3.